The number of sulfonamides is 1. The molecule has 0 aliphatic heterocycles. The highest BCUT2D eigenvalue weighted by atomic mass is 32.2. The van der Waals surface area contributed by atoms with E-state index in [0.717, 1.165) is 0 Å². The zero-order chi connectivity index (χ0) is 6.62. The van der Waals surface area contributed by atoms with Crippen molar-refractivity contribution < 1.29 is 8.42 Å². The third-order valence-electron chi connectivity index (χ3n) is 0.265. The molecule has 0 unspecified atom stereocenters. The Bertz CT molecular complexity index is 259. The Hall–Kier alpha value is -0.970. The van der Waals surface area contributed by atoms with Crippen LogP contribution in [0.1, 0.15) is 0 Å². The summed E-state index contributed by atoms with van der Waals surface area (Å²) in [5, 5.41) is 6.06. The van der Waals surface area contributed by atoms with E-state index < -0.39 is 10.0 Å². The van der Waals surface area contributed by atoms with Crippen LogP contribution in [0, 0.1) is 23.5 Å². The van der Waals surface area contributed by atoms with Gasteiger partial charge in [-0.1, -0.05) is 0 Å². The third kappa shape index (κ3) is 5.03. The first kappa shape index (κ1) is 7.03. The minimum atomic E-state index is -3.69. The zero-order valence-electron chi connectivity index (χ0n) is 3.88. The average molecular weight is 129 g/mol. The van der Waals surface area contributed by atoms with Crippen LogP contribution >= 0.6 is 0 Å². The Morgan fingerprint density at radius 1 is 1.50 bits per heavy atom. The molecule has 8 heavy (non-hydrogen) atoms. The van der Waals surface area contributed by atoms with Crippen LogP contribution in [0.25, 0.3) is 0 Å². The molecule has 3 nitrogen and oxygen atoms in total. The van der Waals surface area contributed by atoms with Gasteiger partial charge in [0.15, 0.2) is 0 Å². The monoisotopic (exact) mass is 129 g/mol. The van der Waals surface area contributed by atoms with E-state index in [-0.39, 0.29) is 0 Å². The lowest BCUT2D eigenvalue weighted by Gasteiger charge is -1.72. The van der Waals surface area contributed by atoms with Crippen LogP contribution in [0.15, 0.2) is 0 Å². The first-order valence-corrected chi connectivity index (χ1v) is 3.11. The van der Waals surface area contributed by atoms with Gasteiger partial charge in [0.1, 0.15) is 0 Å². The number of rotatable bonds is 0. The second kappa shape index (κ2) is 2.37. The van der Waals surface area contributed by atoms with E-state index in [1.807, 2.05) is 5.92 Å². The first-order valence-electron chi connectivity index (χ1n) is 1.56. The van der Waals surface area contributed by atoms with Crippen LogP contribution in [0.3, 0.4) is 0 Å². The maximum atomic E-state index is 9.90. The number of nitrogens with two attached hydrogens (primary N) is 1. The number of hydrogen-bond donors (Lipinski definition) is 1. The van der Waals surface area contributed by atoms with Gasteiger partial charge < -0.3 is 0 Å². The molecule has 0 bridgehead atoms. The second-order valence-corrected chi connectivity index (χ2v) is 2.21. The van der Waals surface area contributed by atoms with Gasteiger partial charge in [-0.15, -0.1) is 6.42 Å². The third-order valence-corrected chi connectivity index (χ3v) is 0.652. The summed E-state index contributed by atoms with van der Waals surface area (Å²) in [7, 11) is -3.69. The highest BCUT2D eigenvalue weighted by Gasteiger charge is 1.88. The van der Waals surface area contributed by atoms with E-state index in [9.17, 15) is 8.42 Å². The van der Waals surface area contributed by atoms with Gasteiger partial charge in [0.2, 0.25) is 0 Å². The fourth-order valence-corrected chi connectivity index (χ4v) is 0.302. The van der Waals surface area contributed by atoms with Gasteiger partial charge in [-0.2, -0.15) is 8.42 Å². The van der Waals surface area contributed by atoms with Gasteiger partial charge in [0, 0.05) is 5.92 Å². The molecule has 0 aromatic carbocycles. The van der Waals surface area contributed by atoms with Crippen molar-refractivity contribution in [1.82, 2.24) is 0 Å². The van der Waals surface area contributed by atoms with Gasteiger partial charge in [-0.05, 0) is 5.92 Å². The minimum absolute atomic E-state index is 1.64. The summed E-state index contributed by atoms with van der Waals surface area (Å²) in [6.07, 6.45) is 4.59. The smallest absolute Gasteiger partial charge is 0.218 e. The Kier molecular flexibility index (Phi) is 2.08. The number of terminal acetylenes is 1. The van der Waals surface area contributed by atoms with Crippen molar-refractivity contribution in [2.24, 2.45) is 5.14 Å². The molecule has 0 heterocycles. The molecule has 0 aromatic rings. The van der Waals surface area contributed by atoms with Crippen molar-refractivity contribution in [3.8, 4) is 23.5 Å². The van der Waals surface area contributed by atoms with Crippen molar-refractivity contribution in [2.45, 2.75) is 0 Å². The molecule has 4 heteroatoms. The molecule has 0 aliphatic carbocycles. The summed E-state index contributed by atoms with van der Waals surface area (Å²) in [5.41, 5.74) is 0. The van der Waals surface area contributed by atoms with Crippen molar-refractivity contribution in [1.29, 1.82) is 0 Å². The molecule has 0 radical (unpaired) electrons. The molecule has 42 valence electrons. The topological polar surface area (TPSA) is 60.2 Å². The Labute approximate surface area is 47.9 Å². The summed E-state index contributed by atoms with van der Waals surface area (Å²) in [5.74, 6) is 3.66. The maximum Gasteiger partial charge on any atom is 0.278 e. The van der Waals surface area contributed by atoms with E-state index >= 15 is 0 Å². The summed E-state index contributed by atoms with van der Waals surface area (Å²) in [6, 6.07) is 0. The van der Waals surface area contributed by atoms with Crippen molar-refractivity contribution in [3.63, 3.8) is 0 Å². The lowest BCUT2D eigenvalue weighted by molar-refractivity contribution is 0.608. The predicted molar refractivity (Wildman–Crippen MR) is 29.7 cm³/mol. The number of primary sulfonamides is 1. The lowest BCUT2D eigenvalue weighted by atomic mass is 10.7. The molecule has 0 saturated carbocycles. The molecule has 0 rings (SSSR count). The fraction of sp³-hybridized carbons (Fsp3) is 0. The summed E-state index contributed by atoms with van der Waals surface area (Å²) in [4.78, 5) is 0. The summed E-state index contributed by atoms with van der Waals surface area (Å²) >= 11 is 0. The molecule has 0 saturated heterocycles. The first-order chi connectivity index (χ1) is 3.56. The largest absolute Gasteiger partial charge is 0.278 e. The fourth-order valence-electron chi connectivity index (χ4n) is 0.101. The standard InChI is InChI=1S/C4H3NO2S/c1-2-3-4-8(5,6)7/h1H,(H2,5,6,7). The van der Waals surface area contributed by atoms with Crippen LogP contribution in [-0.2, 0) is 10.0 Å². The molecule has 0 fully saturated rings. The maximum absolute atomic E-state index is 9.90. The van der Waals surface area contributed by atoms with E-state index in [0.29, 0.717) is 0 Å². The Morgan fingerprint density at radius 3 is 2.12 bits per heavy atom. The molecule has 2 N–H and O–H groups in total. The lowest BCUT2D eigenvalue weighted by Crippen LogP contribution is -2.07. The van der Waals surface area contributed by atoms with Gasteiger partial charge >= 0.3 is 0 Å². The molecule has 0 atom stereocenters. The minimum Gasteiger partial charge on any atom is -0.218 e. The number of hydrogen-bond acceptors (Lipinski definition) is 2. The van der Waals surface area contributed by atoms with Crippen LogP contribution in [0.2, 0.25) is 0 Å². The van der Waals surface area contributed by atoms with E-state index in [2.05, 4.69) is 11.6 Å². The van der Waals surface area contributed by atoms with Crippen molar-refractivity contribution in [3.05, 3.63) is 0 Å². The second-order valence-electron chi connectivity index (χ2n) is 0.916. The normalized spacial score (nSPS) is 8.50. The van der Waals surface area contributed by atoms with Crippen LogP contribution in [0.4, 0.5) is 0 Å². The molecular weight excluding hydrogens is 126 g/mol. The Morgan fingerprint density at radius 2 is 2.00 bits per heavy atom. The summed E-state index contributed by atoms with van der Waals surface area (Å²) < 4.78 is 19.8. The average Bonchev–Trinajstić information content (AvgIpc) is 1.59. The molecule has 0 amide bonds. The molecule has 0 aliphatic rings. The summed E-state index contributed by atoms with van der Waals surface area (Å²) in [6.45, 7) is 0. The Balaban J connectivity index is 4.42. The van der Waals surface area contributed by atoms with E-state index in [1.54, 1.807) is 11.2 Å². The highest BCUT2D eigenvalue weighted by Crippen LogP contribution is 1.65. The van der Waals surface area contributed by atoms with Gasteiger partial charge in [-0.25, -0.2) is 5.14 Å². The SMILES string of the molecule is C#CC#CS(N)(=O)=O. The molecule has 0 aromatic heterocycles. The van der Waals surface area contributed by atoms with Crippen LogP contribution < -0.4 is 5.14 Å². The van der Waals surface area contributed by atoms with Gasteiger partial charge in [0.25, 0.3) is 10.0 Å². The van der Waals surface area contributed by atoms with E-state index in [4.69, 9.17) is 0 Å². The van der Waals surface area contributed by atoms with Crippen LogP contribution in [0.5, 0.6) is 0 Å². The predicted octanol–water partition coefficient (Wildman–Crippen LogP) is -1.13. The molecular formula is C4H3NO2S. The highest BCUT2D eigenvalue weighted by molar-refractivity contribution is 7.93. The zero-order valence-corrected chi connectivity index (χ0v) is 4.70. The van der Waals surface area contributed by atoms with Crippen molar-refractivity contribution >= 4 is 10.0 Å². The quantitative estimate of drug-likeness (QED) is 0.421. The van der Waals surface area contributed by atoms with Gasteiger partial charge in [-0.3, -0.25) is 0 Å². The molecule has 0 spiro atoms. The van der Waals surface area contributed by atoms with Crippen LogP contribution in [-0.4, -0.2) is 8.42 Å². The van der Waals surface area contributed by atoms with Crippen molar-refractivity contribution in [2.75, 3.05) is 0 Å². The van der Waals surface area contributed by atoms with Gasteiger partial charge in [0.05, 0.1) is 5.25 Å². The van der Waals surface area contributed by atoms with E-state index in [1.165, 1.54) is 0 Å².